The van der Waals surface area contributed by atoms with Gasteiger partial charge in [0.05, 0.1) is 52.0 Å². The van der Waals surface area contributed by atoms with Gasteiger partial charge in [0.1, 0.15) is 11.6 Å². The molecule has 6 aromatic carbocycles. The van der Waals surface area contributed by atoms with Crippen molar-refractivity contribution >= 4 is 116 Å². The number of nitrogens with zero attached hydrogens (tertiary/aromatic N) is 6. The maximum atomic E-state index is 13.5. The van der Waals surface area contributed by atoms with Gasteiger partial charge in [0.25, 0.3) is 23.5 Å². The number of carboxylic acid groups (broad SMARTS) is 1. The van der Waals surface area contributed by atoms with Crippen molar-refractivity contribution in [3.63, 3.8) is 0 Å². The summed E-state index contributed by atoms with van der Waals surface area (Å²) in [6.45, 7) is 25.8. The topological polar surface area (TPSA) is 314 Å². The van der Waals surface area contributed by atoms with E-state index in [9.17, 15) is 61.1 Å². The molecule has 3 aliphatic rings. The van der Waals surface area contributed by atoms with Gasteiger partial charge in [-0.05, 0) is 88.3 Å². The molecule has 0 fully saturated rings. The van der Waals surface area contributed by atoms with Crippen molar-refractivity contribution in [1.29, 1.82) is 0 Å². The number of primary amides is 1. The summed E-state index contributed by atoms with van der Waals surface area (Å²) in [6.07, 6.45) is -0.549. The third kappa shape index (κ3) is 26.7. The number of benzodiazepines with no additional fused rings is 3. The van der Waals surface area contributed by atoms with E-state index in [2.05, 4.69) is 58.6 Å². The van der Waals surface area contributed by atoms with Gasteiger partial charge in [-0.3, -0.25) is 52.9 Å². The van der Waals surface area contributed by atoms with Crippen LogP contribution in [-0.4, -0.2) is 132 Å². The molecule has 6 aromatic rings. The number of likely N-dealkylation sites (N-methyl/N-ethyl adjacent to an activating group) is 3. The third-order valence-corrected chi connectivity index (χ3v) is 18.9. The fraction of sp³-hybridized carbons (Fsp3) is 0.368. The first kappa shape index (κ1) is 94.6. The lowest BCUT2D eigenvalue weighted by Crippen LogP contribution is -2.50. The fourth-order valence-electron chi connectivity index (χ4n) is 13.0. The molecule has 0 saturated carbocycles. The molecule has 0 aliphatic carbocycles. The van der Waals surface area contributed by atoms with Crippen LogP contribution in [0.5, 0.6) is 0 Å². The van der Waals surface area contributed by atoms with Crippen LogP contribution in [0.4, 0.5) is 30.2 Å². The number of hydrogen-bond donors (Lipinski definition) is 5. The lowest BCUT2D eigenvalue weighted by atomic mass is 9.80. The average molecular weight is 1590 g/mol. The number of aliphatic imine (C=N–C) groups is 3. The van der Waals surface area contributed by atoms with E-state index in [1.54, 1.807) is 44.3 Å². The summed E-state index contributed by atoms with van der Waals surface area (Å²) >= 11 is 9.22. The van der Waals surface area contributed by atoms with Gasteiger partial charge in [-0.1, -0.05) is 236 Å². The van der Waals surface area contributed by atoms with Crippen molar-refractivity contribution in [2.75, 3.05) is 35.8 Å². The summed E-state index contributed by atoms with van der Waals surface area (Å²) in [6, 6.07) is 51.7. The first-order valence-electron chi connectivity index (χ1n) is 36.5. The van der Waals surface area contributed by atoms with Gasteiger partial charge >= 0.3 is 12.1 Å². The van der Waals surface area contributed by atoms with E-state index >= 15 is 0 Å². The first-order valence-corrected chi connectivity index (χ1v) is 37.4. The van der Waals surface area contributed by atoms with E-state index in [1.807, 2.05) is 205 Å². The van der Waals surface area contributed by atoms with Crippen LogP contribution in [0.1, 0.15) is 135 Å². The molecule has 113 heavy (non-hydrogen) atoms. The zero-order valence-corrected chi connectivity index (χ0v) is 66.5. The Balaban J connectivity index is 0.000000317. The minimum atomic E-state index is -4.92. The molecule has 3 heterocycles. The number of carbonyl (C=O) groups excluding carboxylic acids is 9. The lowest BCUT2D eigenvalue weighted by molar-refractivity contribution is -0.169. The number of carboxylic acids is 1. The molecule has 7 N–H and O–H groups in total. The summed E-state index contributed by atoms with van der Waals surface area (Å²) in [5.74, 6) is -8.26. The Labute approximate surface area is 671 Å². The molecule has 3 aliphatic heterocycles. The quantitative estimate of drug-likeness (QED) is 0.0237. The molecular weight excluding hydrogens is 1490 g/mol. The normalized spacial score (nSPS) is 16.6. The standard InChI is InChI=1S/C28H33N3O3.C27H32N4O3.C16H15N3O.C12H20O3.C3HCl2F3O.CH4/c1-6-12-21(19(4)32)23(17-18(2)3)27(33)30-26-28(34)31(5)24-16-11-10-15-22(24)25(29-26)20-13-8-7-9-14-20;1-5-11-19(24(28)32)21(16-17(2)3)26(33)30-25-27(34)31(4)22-15-10-9-14-20(22)23(29-25)18-12-7-6-8-13-18;1-19-13-10-6-5-9-12(13)14(18-15(17)16(19)20)11-7-3-2-4-8-11;1-5-6-10(9(4)13)11(12(14)15)7-8(2)3;4-2(5)1(9)3(6,7)8;/h6-11,13-16,18,21,23,26H,1,12,17H2,2-5H3,(H,30,33);5-10,12-15,17,19,21,25H,1,11,16H2,2-4H3,(H2,28,32)(H,30,33);2-10,15H,17H2,1H3;5,8,10-11H,1,6-7H2,2-4H3,(H,14,15);2H;1H4/t21-,23-,26?;19-,21+,25?;;10-,11-;;/m10.1../s1. The highest BCUT2D eigenvalue weighted by atomic mass is 35.5. The Hall–Kier alpha value is -10.8. The molecule has 9 rings (SSSR count). The maximum absolute atomic E-state index is 13.5. The number of para-hydroxylation sites is 3. The van der Waals surface area contributed by atoms with Crippen LogP contribution in [0.25, 0.3) is 0 Å². The largest absolute Gasteiger partial charge is 0.481 e. The van der Waals surface area contributed by atoms with Crippen molar-refractivity contribution in [3.8, 4) is 0 Å². The number of rotatable bonds is 27. The van der Waals surface area contributed by atoms with Gasteiger partial charge in [-0.25, -0.2) is 9.98 Å². The number of benzene rings is 6. The van der Waals surface area contributed by atoms with E-state index in [4.69, 9.17) is 26.6 Å². The molecule has 0 saturated heterocycles. The molecule has 0 aromatic heterocycles. The first-order chi connectivity index (χ1) is 52.9. The minimum absolute atomic E-state index is 0. The van der Waals surface area contributed by atoms with Gasteiger partial charge in [-0.15, -0.1) is 19.7 Å². The number of nitrogens with two attached hydrogens (primary N) is 2. The van der Waals surface area contributed by atoms with Crippen LogP contribution in [0, 0.1) is 53.3 Å². The number of allylic oxidation sites excluding steroid dienone is 3. The predicted octanol–water partition coefficient (Wildman–Crippen LogP) is 14.5. The van der Waals surface area contributed by atoms with Gasteiger partial charge in [0.15, 0.2) is 11.0 Å². The van der Waals surface area contributed by atoms with E-state index in [0.29, 0.717) is 49.2 Å². The highest BCUT2D eigenvalue weighted by Crippen LogP contribution is 2.34. The van der Waals surface area contributed by atoms with Crippen LogP contribution in [0.3, 0.4) is 0 Å². The van der Waals surface area contributed by atoms with Crippen molar-refractivity contribution < 1.29 is 66.2 Å². The molecule has 6 amide bonds. The molecule has 0 bridgehead atoms. The monoisotopic (exact) mass is 1590 g/mol. The van der Waals surface area contributed by atoms with Crippen molar-refractivity contribution in [1.82, 2.24) is 10.6 Å². The van der Waals surface area contributed by atoms with Crippen LogP contribution in [-0.2, 0) is 47.9 Å². The summed E-state index contributed by atoms with van der Waals surface area (Å²) < 4.78 is 33.5. The van der Waals surface area contributed by atoms with Crippen molar-refractivity contribution in [2.45, 2.75) is 131 Å². The number of alkyl halides is 5. The number of carbonyl (C=O) groups is 10. The Morgan fingerprint density at radius 3 is 1.04 bits per heavy atom. The number of fused-ring (bicyclic) bond motifs is 3. The zero-order chi connectivity index (χ0) is 83.4. The minimum Gasteiger partial charge on any atom is -0.481 e. The van der Waals surface area contributed by atoms with Crippen LogP contribution < -0.4 is 36.8 Å². The van der Waals surface area contributed by atoms with E-state index in [0.717, 1.165) is 50.5 Å². The number of halogens is 5. The maximum Gasteiger partial charge on any atom is 0.452 e. The molecule has 3 unspecified atom stereocenters. The number of Topliss-reactive ketones (excluding diaryl/α,β-unsaturated/α-hetero) is 3. The highest BCUT2D eigenvalue weighted by molar-refractivity contribution is 6.54. The number of hydrogen-bond acceptors (Lipinski definition) is 14. The van der Waals surface area contributed by atoms with E-state index in [-0.39, 0.29) is 66.8 Å². The Morgan fingerprint density at radius 1 is 0.478 bits per heavy atom. The van der Waals surface area contributed by atoms with Gasteiger partial charge < -0.3 is 41.9 Å². The summed E-state index contributed by atoms with van der Waals surface area (Å²) in [7, 11) is 5.08. The number of ketones is 3. The second-order valence-corrected chi connectivity index (χ2v) is 29.4. The molecule has 26 heteroatoms. The highest BCUT2D eigenvalue weighted by Gasteiger charge is 2.43. The van der Waals surface area contributed by atoms with Crippen LogP contribution in [0.2, 0.25) is 0 Å². The Kier molecular flexibility index (Phi) is 37.7. The van der Waals surface area contributed by atoms with Gasteiger partial charge in [0.2, 0.25) is 30.1 Å². The van der Waals surface area contributed by atoms with Gasteiger partial charge in [0, 0.05) is 72.3 Å². The summed E-state index contributed by atoms with van der Waals surface area (Å²) in [5, 5.41) is 14.8. The van der Waals surface area contributed by atoms with Crippen molar-refractivity contribution in [3.05, 3.63) is 235 Å². The molecule has 21 nitrogen and oxygen atoms in total. The van der Waals surface area contributed by atoms with Crippen LogP contribution >= 0.6 is 23.2 Å². The summed E-state index contributed by atoms with van der Waals surface area (Å²) in [5.41, 5.74) is 20.9. The molecule has 9 atom stereocenters. The summed E-state index contributed by atoms with van der Waals surface area (Å²) in [4.78, 5) is 139. The number of anilines is 3. The van der Waals surface area contributed by atoms with Crippen molar-refractivity contribution in [2.24, 2.45) is 79.7 Å². The smallest absolute Gasteiger partial charge is 0.452 e. The molecule has 0 spiro atoms. The lowest BCUT2D eigenvalue weighted by Gasteiger charge is -2.27. The molecule has 604 valence electrons. The predicted molar refractivity (Wildman–Crippen MR) is 443 cm³/mol. The average Bonchev–Trinajstić information content (AvgIpc) is 1.65. The molecular formula is C87H105Cl2F3N10O11. The Bertz CT molecular complexity index is 4230. The van der Waals surface area contributed by atoms with Crippen LogP contribution in [0.15, 0.2) is 217 Å². The number of amides is 6. The SMILES string of the molecule is C.C=CC[C@H](C(C)=O)[C@@H](CC(C)C)C(=O)NC1N=C(c2ccccc2)c2ccccc2N(C)C1=O.C=CC[C@H](C(C)=O)[C@@H](CC(C)C)C(=O)O.C=CC[C@H](C(N)=O)[C@@H](CC(C)C)C(=O)NC1N=C(c2ccccc2)c2ccccc2N(C)C1=O.CN1C(=O)C(N)N=C(c2ccccc2)c2ccccc21.O=C(C(Cl)Cl)C(F)(F)F. The number of aliphatic carboxylic acids is 1. The third-order valence-electron chi connectivity index (χ3n) is 18.5. The molecule has 0 radical (unpaired) electrons. The second-order valence-electron chi connectivity index (χ2n) is 28.3. The second kappa shape index (κ2) is 45.0. The van der Waals surface area contributed by atoms with Gasteiger partial charge in [-0.2, -0.15) is 13.2 Å². The number of nitrogens with one attached hydrogen (secondary N) is 2. The zero-order valence-electron chi connectivity index (χ0n) is 64.9. The Morgan fingerprint density at radius 2 is 0.761 bits per heavy atom. The van der Waals surface area contributed by atoms with E-state index in [1.165, 1.54) is 23.6 Å². The fourth-order valence-corrected chi connectivity index (χ4v) is 13.2. The van der Waals surface area contributed by atoms with E-state index < -0.39 is 88.6 Å².